The lowest BCUT2D eigenvalue weighted by Gasteiger charge is -2.21. The van der Waals surface area contributed by atoms with Gasteiger partial charge in [0.05, 0.1) is 0 Å². The Bertz CT molecular complexity index is 605. The first kappa shape index (κ1) is 14.6. The Hall–Kier alpha value is -1.81. The Kier molecular flexibility index (Phi) is 4.14. The maximum atomic E-state index is 6.11. The quantitative estimate of drug-likeness (QED) is 0.880. The molecule has 0 radical (unpaired) electrons. The van der Waals surface area contributed by atoms with E-state index in [9.17, 15) is 0 Å². The van der Waals surface area contributed by atoms with Gasteiger partial charge in [-0.15, -0.1) is 0 Å². The van der Waals surface area contributed by atoms with Gasteiger partial charge in [-0.3, -0.25) is 0 Å². The van der Waals surface area contributed by atoms with Crippen molar-refractivity contribution in [2.75, 3.05) is 10.6 Å². The van der Waals surface area contributed by atoms with Crippen molar-refractivity contribution in [3.05, 3.63) is 41.2 Å². The summed E-state index contributed by atoms with van der Waals surface area (Å²) < 4.78 is 0. The van der Waals surface area contributed by atoms with E-state index in [1.807, 2.05) is 31.2 Å². The number of aromatic nitrogens is 2. The fourth-order valence-corrected chi connectivity index (χ4v) is 1.93. The number of nitrogens with one attached hydrogen (secondary N) is 2. The largest absolute Gasteiger partial charge is 0.365 e. The molecule has 1 heterocycles. The van der Waals surface area contributed by atoms with Gasteiger partial charge in [-0.05, 0) is 45.4 Å². The third kappa shape index (κ3) is 3.84. The van der Waals surface area contributed by atoms with E-state index in [-0.39, 0.29) is 5.54 Å². The van der Waals surface area contributed by atoms with Crippen molar-refractivity contribution < 1.29 is 0 Å². The number of halogens is 1. The second kappa shape index (κ2) is 5.67. The van der Waals surface area contributed by atoms with E-state index in [2.05, 4.69) is 41.4 Å². The van der Waals surface area contributed by atoms with E-state index in [4.69, 9.17) is 11.6 Å². The normalized spacial score (nSPS) is 11.2. The lowest BCUT2D eigenvalue weighted by Crippen LogP contribution is -2.26. The molecule has 1 aromatic carbocycles. The molecule has 0 spiro atoms. The standard InChI is InChI=1S/C15H19ClN4/c1-10-11(16)6-5-7-12(10)19-13-8-14(18-9-17-13)20-15(2,3)4/h5-9H,1-4H3,(H2,17,18,19,20). The SMILES string of the molecule is Cc1c(Cl)cccc1Nc1cc(NC(C)(C)C)ncn1. The molecule has 0 aliphatic carbocycles. The molecule has 0 atom stereocenters. The summed E-state index contributed by atoms with van der Waals surface area (Å²) in [7, 11) is 0. The zero-order valence-corrected chi connectivity index (χ0v) is 12.9. The van der Waals surface area contributed by atoms with Crippen LogP contribution in [0, 0.1) is 6.92 Å². The van der Waals surface area contributed by atoms with Crippen LogP contribution in [0.1, 0.15) is 26.3 Å². The third-order valence-corrected chi connectivity index (χ3v) is 3.11. The topological polar surface area (TPSA) is 49.8 Å². The lowest BCUT2D eigenvalue weighted by atomic mass is 10.1. The number of nitrogens with zero attached hydrogens (tertiary/aromatic N) is 2. The molecular weight excluding hydrogens is 272 g/mol. The summed E-state index contributed by atoms with van der Waals surface area (Å²) in [5.74, 6) is 1.52. The molecule has 20 heavy (non-hydrogen) atoms. The van der Waals surface area contributed by atoms with Crippen LogP contribution < -0.4 is 10.6 Å². The summed E-state index contributed by atoms with van der Waals surface area (Å²) in [6.07, 6.45) is 1.54. The molecule has 1 aromatic heterocycles. The summed E-state index contributed by atoms with van der Waals surface area (Å²) in [6.45, 7) is 8.23. The van der Waals surface area contributed by atoms with Crippen LogP contribution >= 0.6 is 11.6 Å². The first-order valence-electron chi connectivity index (χ1n) is 6.47. The molecule has 0 aliphatic heterocycles. The van der Waals surface area contributed by atoms with E-state index >= 15 is 0 Å². The van der Waals surface area contributed by atoms with Gasteiger partial charge in [-0.2, -0.15) is 0 Å². The first-order chi connectivity index (χ1) is 9.35. The highest BCUT2D eigenvalue weighted by Gasteiger charge is 2.11. The third-order valence-electron chi connectivity index (χ3n) is 2.70. The summed E-state index contributed by atoms with van der Waals surface area (Å²) in [5, 5.41) is 7.31. The highest BCUT2D eigenvalue weighted by Crippen LogP contribution is 2.26. The van der Waals surface area contributed by atoms with Crippen LogP contribution in [0.2, 0.25) is 5.02 Å². The van der Waals surface area contributed by atoms with Gasteiger partial charge in [0, 0.05) is 22.3 Å². The van der Waals surface area contributed by atoms with Gasteiger partial charge >= 0.3 is 0 Å². The highest BCUT2D eigenvalue weighted by atomic mass is 35.5. The van der Waals surface area contributed by atoms with Crippen LogP contribution in [-0.4, -0.2) is 15.5 Å². The minimum Gasteiger partial charge on any atom is -0.365 e. The molecule has 0 aliphatic rings. The van der Waals surface area contributed by atoms with E-state index < -0.39 is 0 Å². The van der Waals surface area contributed by atoms with Crippen molar-refractivity contribution in [1.82, 2.24) is 9.97 Å². The molecular formula is C15H19ClN4. The van der Waals surface area contributed by atoms with E-state index in [0.717, 1.165) is 27.9 Å². The molecule has 4 nitrogen and oxygen atoms in total. The zero-order valence-electron chi connectivity index (χ0n) is 12.2. The van der Waals surface area contributed by atoms with Crippen LogP contribution in [0.25, 0.3) is 0 Å². The Labute approximate surface area is 124 Å². The Balaban J connectivity index is 2.22. The van der Waals surface area contributed by atoms with Crippen molar-refractivity contribution in [2.45, 2.75) is 33.2 Å². The van der Waals surface area contributed by atoms with Gasteiger partial charge in [0.1, 0.15) is 18.0 Å². The Morgan fingerprint density at radius 2 is 1.80 bits per heavy atom. The molecule has 5 heteroatoms. The van der Waals surface area contributed by atoms with Crippen molar-refractivity contribution in [3.63, 3.8) is 0 Å². The number of rotatable bonds is 3. The predicted molar refractivity (Wildman–Crippen MR) is 84.9 cm³/mol. The number of hydrogen-bond acceptors (Lipinski definition) is 4. The van der Waals surface area contributed by atoms with Crippen LogP contribution in [0.4, 0.5) is 17.3 Å². The Morgan fingerprint density at radius 3 is 2.50 bits per heavy atom. The highest BCUT2D eigenvalue weighted by molar-refractivity contribution is 6.31. The first-order valence-corrected chi connectivity index (χ1v) is 6.85. The van der Waals surface area contributed by atoms with Gasteiger partial charge in [0.15, 0.2) is 0 Å². The van der Waals surface area contributed by atoms with Crippen LogP contribution in [-0.2, 0) is 0 Å². The van der Waals surface area contributed by atoms with E-state index in [1.165, 1.54) is 6.33 Å². The monoisotopic (exact) mass is 290 g/mol. The summed E-state index contributed by atoms with van der Waals surface area (Å²) in [4.78, 5) is 8.45. The van der Waals surface area contributed by atoms with Crippen LogP contribution in [0.15, 0.2) is 30.6 Å². The van der Waals surface area contributed by atoms with Crippen molar-refractivity contribution in [2.24, 2.45) is 0 Å². The molecule has 2 aromatic rings. The second-order valence-electron chi connectivity index (χ2n) is 5.70. The van der Waals surface area contributed by atoms with Gasteiger partial charge < -0.3 is 10.6 Å². The second-order valence-corrected chi connectivity index (χ2v) is 6.11. The predicted octanol–water partition coefficient (Wildman–Crippen LogP) is 4.39. The van der Waals surface area contributed by atoms with Crippen molar-refractivity contribution >= 4 is 28.9 Å². The molecule has 2 N–H and O–H groups in total. The molecule has 0 bridgehead atoms. The fraction of sp³-hybridized carbons (Fsp3) is 0.333. The van der Waals surface area contributed by atoms with E-state index in [1.54, 1.807) is 0 Å². The van der Waals surface area contributed by atoms with Gasteiger partial charge in [-0.1, -0.05) is 17.7 Å². The molecule has 0 saturated heterocycles. The smallest absolute Gasteiger partial charge is 0.135 e. The molecule has 0 amide bonds. The fourth-order valence-electron chi connectivity index (χ4n) is 1.76. The van der Waals surface area contributed by atoms with Gasteiger partial charge in [0.25, 0.3) is 0 Å². The number of benzene rings is 1. The molecule has 0 fully saturated rings. The molecule has 106 valence electrons. The number of hydrogen-bond donors (Lipinski definition) is 2. The summed E-state index contributed by atoms with van der Waals surface area (Å²) >= 11 is 6.11. The minimum absolute atomic E-state index is 0.0441. The molecule has 0 unspecified atom stereocenters. The lowest BCUT2D eigenvalue weighted by molar-refractivity contribution is 0.630. The van der Waals surface area contributed by atoms with Crippen molar-refractivity contribution in [1.29, 1.82) is 0 Å². The maximum Gasteiger partial charge on any atom is 0.135 e. The maximum absolute atomic E-state index is 6.11. The Morgan fingerprint density at radius 1 is 1.10 bits per heavy atom. The summed E-state index contributed by atoms with van der Waals surface area (Å²) in [6, 6.07) is 7.63. The molecule has 0 saturated carbocycles. The van der Waals surface area contributed by atoms with Gasteiger partial charge in [-0.25, -0.2) is 9.97 Å². The number of anilines is 3. The zero-order chi connectivity index (χ0) is 14.8. The van der Waals surface area contributed by atoms with Crippen molar-refractivity contribution in [3.8, 4) is 0 Å². The average Bonchev–Trinajstić information content (AvgIpc) is 2.33. The van der Waals surface area contributed by atoms with Crippen LogP contribution in [0.3, 0.4) is 0 Å². The van der Waals surface area contributed by atoms with E-state index in [0.29, 0.717) is 0 Å². The average molecular weight is 291 g/mol. The van der Waals surface area contributed by atoms with Gasteiger partial charge in [0.2, 0.25) is 0 Å². The summed E-state index contributed by atoms with van der Waals surface area (Å²) in [5.41, 5.74) is 1.90. The molecule has 2 rings (SSSR count). The minimum atomic E-state index is -0.0441. The van der Waals surface area contributed by atoms with Crippen LogP contribution in [0.5, 0.6) is 0 Å².